The summed E-state index contributed by atoms with van der Waals surface area (Å²) in [5.41, 5.74) is 7.35. The fraction of sp³-hybridized carbons (Fsp3) is 0.500. The van der Waals surface area contributed by atoms with E-state index in [4.69, 9.17) is 10.5 Å². The Hall–Kier alpha value is -1.79. The summed E-state index contributed by atoms with van der Waals surface area (Å²) in [5, 5.41) is 0.907. The first kappa shape index (κ1) is 13.8. The van der Waals surface area contributed by atoms with Gasteiger partial charge in [-0.1, -0.05) is 18.2 Å². The summed E-state index contributed by atoms with van der Waals surface area (Å²) >= 11 is 0. The molecule has 2 N–H and O–H groups in total. The molecule has 22 heavy (non-hydrogen) atoms. The molecule has 0 amide bonds. The number of nitrogen functional groups attached to an aromatic ring is 1. The van der Waals surface area contributed by atoms with Gasteiger partial charge in [-0.2, -0.15) is 0 Å². The second-order valence-electron chi connectivity index (χ2n) is 6.08. The molecule has 4 rings (SSSR count). The highest BCUT2D eigenvalue weighted by molar-refractivity contribution is 5.82. The van der Waals surface area contributed by atoms with E-state index in [9.17, 15) is 4.39 Å². The zero-order chi connectivity index (χ0) is 15.1. The molecule has 0 radical (unpaired) electrons. The number of alkyl halides is 1. The van der Waals surface area contributed by atoms with Gasteiger partial charge < -0.3 is 10.5 Å². The number of rotatable bonds is 2. The first-order valence-corrected chi connectivity index (χ1v) is 7.70. The van der Waals surface area contributed by atoms with Crippen LogP contribution in [0.3, 0.4) is 0 Å². The van der Waals surface area contributed by atoms with E-state index >= 15 is 0 Å². The van der Waals surface area contributed by atoms with Crippen molar-refractivity contribution in [2.75, 3.05) is 32.0 Å². The lowest BCUT2D eigenvalue weighted by Crippen LogP contribution is -2.54. The highest BCUT2D eigenvalue weighted by atomic mass is 19.1. The molecule has 1 aromatic carbocycles. The maximum atomic E-state index is 14.8. The number of anilines is 1. The number of fused-ring (bicyclic) bond motifs is 1. The zero-order valence-electron chi connectivity index (χ0n) is 12.3. The largest absolute Gasteiger partial charge is 0.378 e. The minimum atomic E-state index is -0.938. The van der Waals surface area contributed by atoms with Crippen LogP contribution in [0.25, 0.3) is 10.9 Å². The normalized spacial score (nSPS) is 27.0. The number of likely N-dealkylation sites (tertiary alicyclic amines) is 1. The Morgan fingerprint density at radius 3 is 2.77 bits per heavy atom. The quantitative estimate of drug-likeness (QED) is 0.915. The molecule has 2 atom stereocenters. The third-order valence-corrected chi connectivity index (χ3v) is 4.71. The molecule has 0 unspecified atom stereocenters. The smallest absolute Gasteiger partial charge is 0.220 e. The standard InChI is InChI=1S/C16H19FN4O/c17-13-7-21(10-8-22-9-10)6-5-11(13)15-12-3-1-2-4-14(12)19-16(18)20-15/h1-4,10-11,13H,5-9H2,(H2,18,19,20)/t11-,13-/m0/s1. The molecule has 0 bridgehead atoms. The van der Waals surface area contributed by atoms with E-state index < -0.39 is 6.17 Å². The van der Waals surface area contributed by atoms with Crippen LogP contribution in [-0.4, -0.2) is 53.4 Å². The number of benzene rings is 1. The lowest BCUT2D eigenvalue weighted by Gasteiger charge is -2.42. The molecule has 2 aliphatic heterocycles. The van der Waals surface area contributed by atoms with Crippen LogP contribution in [0, 0.1) is 0 Å². The van der Waals surface area contributed by atoms with E-state index in [2.05, 4.69) is 14.9 Å². The van der Waals surface area contributed by atoms with E-state index in [-0.39, 0.29) is 11.9 Å². The maximum Gasteiger partial charge on any atom is 0.220 e. The van der Waals surface area contributed by atoms with Gasteiger partial charge in [0, 0.05) is 17.8 Å². The van der Waals surface area contributed by atoms with Crippen molar-refractivity contribution in [2.24, 2.45) is 0 Å². The minimum absolute atomic E-state index is 0.215. The summed E-state index contributed by atoms with van der Waals surface area (Å²) in [6.07, 6.45) is -0.190. The van der Waals surface area contributed by atoms with Crippen molar-refractivity contribution >= 4 is 16.9 Å². The molecule has 3 heterocycles. The predicted molar refractivity (Wildman–Crippen MR) is 82.4 cm³/mol. The van der Waals surface area contributed by atoms with Crippen LogP contribution in [0.4, 0.5) is 10.3 Å². The summed E-state index contributed by atoms with van der Waals surface area (Å²) in [5.74, 6) is 0.00293. The highest BCUT2D eigenvalue weighted by Crippen LogP contribution is 2.34. The lowest BCUT2D eigenvalue weighted by atomic mass is 9.88. The van der Waals surface area contributed by atoms with Crippen molar-refractivity contribution in [1.82, 2.24) is 14.9 Å². The van der Waals surface area contributed by atoms with Gasteiger partial charge in [-0.05, 0) is 19.0 Å². The summed E-state index contributed by atoms with van der Waals surface area (Å²) in [6.45, 7) is 2.76. The molecule has 2 aliphatic rings. The summed E-state index contributed by atoms with van der Waals surface area (Å²) in [6, 6.07) is 8.06. The van der Waals surface area contributed by atoms with Crippen LogP contribution in [-0.2, 0) is 4.74 Å². The number of piperidine rings is 1. The predicted octanol–water partition coefficient (Wildman–Crippen LogP) is 1.74. The number of hydrogen-bond acceptors (Lipinski definition) is 5. The Morgan fingerprint density at radius 2 is 2.05 bits per heavy atom. The van der Waals surface area contributed by atoms with Gasteiger partial charge in [0.2, 0.25) is 5.95 Å². The molecule has 0 aliphatic carbocycles. The topological polar surface area (TPSA) is 64.3 Å². The molecule has 2 saturated heterocycles. The third kappa shape index (κ3) is 2.32. The molecule has 0 saturated carbocycles. The molecular weight excluding hydrogens is 283 g/mol. The average Bonchev–Trinajstić information content (AvgIpc) is 2.45. The molecule has 0 spiro atoms. The van der Waals surface area contributed by atoms with Crippen LogP contribution >= 0.6 is 0 Å². The van der Waals surface area contributed by atoms with E-state index in [1.807, 2.05) is 24.3 Å². The Bertz CT molecular complexity index is 691. The van der Waals surface area contributed by atoms with Gasteiger partial charge in [-0.3, -0.25) is 4.90 Å². The van der Waals surface area contributed by atoms with Crippen LogP contribution < -0.4 is 5.73 Å². The van der Waals surface area contributed by atoms with Crippen molar-refractivity contribution in [3.05, 3.63) is 30.0 Å². The van der Waals surface area contributed by atoms with Crippen molar-refractivity contribution in [3.8, 4) is 0 Å². The van der Waals surface area contributed by atoms with Crippen LogP contribution in [0.5, 0.6) is 0 Å². The van der Waals surface area contributed by atoms with Gasteiger partial charge in [-0.15, -0.1) is 0 Å². The molecular formula is C16H19FN4O. The Morgan fingerprint density at radius 1 is 1.23 bits per heavy atom. The second kappa shape index (κ2) is 5.44. The first-order valence-electron chi connectivity index (χ1n) is 7.70. The van der Waals surface area contributed by atoms with Gasteiger partial charge in [0.15, 0.2) is 0 Å². The van der Waals surface area contributed by atoms with Gasteiger partial charge in [0.05, 0.1) is 30.5 Å². The number of ether oxygens (including phenoxy) is 1. The first-order chi connectivity index (χ1) is 10.7. The summed E-state index contributed by atoms with van der Waals surface area (Å²) in [7, 11) is 0. The van der Waals surface area contributed by atoms with Crippen molar-refractivity contribution < 1.29 is 9.13 Å². The van der Waals surface area contributed by atoms with Gasteiger partial charge in [-0.25, -0.2) is 14.4 Å². The maximum absolute atomic E-state index is 14.8. The molecule has 2 aromatic rings. The molecule has 6 heteroatoms. The van der Waals surface area contributed by atoms with Gasteiger partial charge in [0.25, 0.3) is 0 Å². The number of nitrogens with two attached hydrogens (primary N) is 1. The Balaban J connectivity index is 1.64. The second-order valence-corrected chi connectivity index (χ2v) is 6.08. The van der Waals surface area contributed by atoms with Crippen molar-refractivity contribution in [3.63, 3.8) is 0 Å². The van der Waals surface area contributed by atoms with E-state index in [1.165, 1.54) is 0 Å². The van der Waals surface area contributed by atoms with E-state index in [1.54, 1.807) is 0 Å². The summed E-state index contributed by atoms with van der Waals surface area (Å²) < 4.78 is 20.0. The number of para-hydroxylation sites is 1. The lowest BCUT2D eigenvalue weighted by molar-refractivity contribution is -0.0807. The molecule has 116 valence electrons. The Kier molecular flexibility index (Phi) is 3.43. The van der Waals surface area contributed by atoms with Gasteiger partial charge in [0.1, 0.15) is 6.17 Å². The zero-order valence-corrected chi connectivity index (χ0v) is 12.3. The van der Waals surface area contributed by atoms with Crippen molar-refractivity contribution in [2.45, 2.75) is 24.6 Å². The average molecular weight is 302 g/mol. The SMILES string of the molecule is Nc1nc([C@H]2CCN(C3COC3)C[C@@H]2F)c2ccccc2n1. The molecule has 1 aromatic heterocycles. The third-order valence-electron chi connectivity index (χ3n) is 4.71. The summed E-state index contributed by atoms with van der Waals surface area (Å²) in [4.78, 5) is 10.8. The Labute approximate surface area is 128 Å². The van der Waals surface area contributed by atoms with Gasteiger partial charge >= 0.3 is 0 Å². The van der Waals surface area contributed by atoms with Crippen LogP contribution in [0.1, 0.15) is 18.0 Å². The van der Waals surface area contributed by atoms with Crippen LogP contribution in [0.2, 0.25) is 0 Å². The van der Waals surface area contributed by atoms with Crippen LogP contribution in [0.15, 0.2) is 24.3 Å². The number of halogens is 1. The number of hydrogen-bond donors (Lipinski definition) is 1. The fourth-order valence-electron chi connectivity index (χ4n) is 3.40. The number of aromatic nitrogens is 2. The monoisotopic (exact) mass is 302 g/mol. The number of nitrogens with zero attached hydrogens (tertiary/aromatic N) is 3. The minimum Gasteiger partial charge on any atom is -0.378 e. The fourth-order valence-corrected chi connectivity index (χ4v) is 3.40. The highest BCUT2D eigenvalue weighted by Gasteiger charge is 2.37. The van der Waals surface area contributed by atoms with E-state index in [0.29, 0.717) is 12.6 Å². The molecule has 2 fully saturated rings. The van der Waals surface area contributed by atoms with Crippen molar-refractivity contribution in [1.29, 1.82) is 0 Å². The van der Waals surface area contributed by atoms with E-state index in [0.717, 1.165) is 42.8 Å². The molecule has 5 nitrogen and oxygen atoms in total.